The predicted molar refractivity (Wildman–Crippen MR) is 90.7 cm³/mol. The first-order valence-corrected chi connectivity index (χ1v) is 13.2. The molecule has 126 valence electrons. The Morgan fingerprint density at radius 2 is 1.43 bits per heavy atom. The molecule has 0 aromatic heterocycles. The minimum absolute atomic E-state index is 0. The van der Waals surface area contributed by atoms with Crippen molar-refractivity contribution in [2.45, 2.75) is 63.9 Å². The first-order chi connectivity index (χ1) is 9.10. The molecular weight excluding hydrogens is 475 g/mol. The third-order valence-corrected chi connectivity index (χ3v) is 9.15. The van der Waals surface area contributed by atoms with Crippen LogP contribution in [0.3, 0.4) is 0 Å². The molecule has 0 spiro atoms. The van der Waals surface area contributed by atoms with Crippen molar-refractivity contribution in [2.75, 3.05) is 0 Å². The Labute approximate surface area is 147 Å². The van der Waals surface area contributed by atoms with Crippen LogP contribution in [0.4, 0.5) is 0 Å². The maximum atomic E-state index is 9.51. The van der Waals surface area contributed by atoms with E-state index in [4.69, 9.17) is 17.3 Å². The molecule has 1 saturated carbocycles. The van der Waals surface area contributed by atoms with E-state index in [1.54, 1.807) is 11.4 Å². The summed E-state index contributed by atoms with van der Waals surface area (Å²) in [5, 5.41) is 9.51. The van der Waals surface area contributed by atoms with Crippen LogP contribution in [0.15, 0.2) is 18.0 Å². The molecule has 0 radical (unpaired) electrons. The molecule has 2 nitrogen and oxygen atoms in total. The average Bonchev–Trinajstić information content (AvgIpc) is 2.39. The minimum Gasteiger partial charge on any atom is -0.520 e. The van der Waals surface area contributed by atoms with E-state index >= 15 is 0 Å². The second-order valence-corrected chi connectivity index (χ2v) is 14.3. The third kappa shape index (κ3) is 10.6. The fourth-order valence-electron chi connectivity index (χ4n) is 2.06. The summed E-state index contributed by atoms with van der Waals surface area (Å²) in [6.07, 6.45) is 7.90. The molecule has 0 bridgehead atoms. The predicted octanol–water partition coefficient (Wildman–Crippen LogP) is 4.14. The van der Waals surface area contributed by atoms with E-state index in [0.717, 1.165) is 25.7 Å². The molecule has 21 heavy (non-hydrogen) atoms. The zero-order valence-corrected chi connectivity index (χ0v) is 18.0. The van der Waals surface area contributed by atoms with E-state index in [9.17, 15) is 5.11 Å². The van der Waals surface area contributed by atoms with Crippen molar-refractivity contribution in [2.24, 2.45) is 0 Å². The van der Waals surface area contributed by atoms with Gasteiger partial charge in [0, 0.05) is 21.1 Å². The van der Waals surface area contributed by atoms with Crippen molar-refractivity contribution < 1.29 is 30.3 Å². The molecule has 0 aliphatic heterocycles. The zero-order valence-electron chi connectivity index (χ0n) is 13.7. The molecule has 1 N–H and O–H groups in total. The van der Waals surface area contributed by atoms with E-state index in [1.807, 2.05) is 0 Å². The van der Waals surface area contributed by atoms with Gasteiger partial charge in [-0.15, -0.1) is 0 Å². The molecular formula is C16H29O2PtSi2-3. The van der Waals surface area contributed by atoms with Gasteiger partial charge in [0.1, 0.15) is 0 Å². The van der Waals surface area contributed by atoms with Gasteiger partial charge in [0.05, 0.1) is 0 Å². The summed E-state index contributed by atoms with van der Waals surface area (Å²) in [6.45, 7) is 22.6. The van der Waals surface area contributed by atoms with Crippen LogP contribution in [0.2, 0.25) is 26.2 Å². The van der Waals surface area contributed by atoms with E-state index in [1.165, 1.54) is 6.42 Å². The molecule has 5 heteroatoms. The molecule has 1 aliphatic carbocycles. The van der Waals surface area contributed by atoms with Gasteiger partial charge >= 0.3 is 0 Å². The summed E-state index contributed by atoms with van der Waals surface area (Å²) in [5.74, 6) is 0. The molecule has 0 aromatic carbocycles. The van der Waals surface area contributed by atoms with Gasteiger partial charge in [-0.25, -0.2) is 0 Å². The van der Waals surface area contributed by atoms with Crippen LogP contribution in [0, 0.1) is 19.2 Å². The third-order valence-electron chi connectivity index (χ3n) is 3.34. The fraction of sp³-hybridized carbons (Fsp3) is 0.625. The van der Waals surface area contributed by atoms with Crippen LogP contribution >= 0.6 is 0 Å². The van der Waals surface area contributed by atoms with Gasteiger partial charge in [0.2, 0.25) is 0 Å². The number of aliphatic hydroxyl groups is 1. The first kappa shape index (κ1) is 23.5. The molecule has 0 heterocycles. The molecule has 0 aromatic rings. The largest absolute Gasteiger partial charge is 0.520 e. The smallest absolute Gasteiger partial charge is 0.163 e. The van der Waals surface area contributed by atoms with Gasteiger partial charge in [-0.1, -0.05) is 37.7 Å². The Hall–Kier alpha value is 0.262. The van der Waals surface area contributed by atoms with Gasteiger partial charge in [0.25, 0.3) is 0 Å². The van der Waals surface area contributed by atoms with Gasteiger partial charge in [-0.05, 0) is 26.2 Å². The second kappa shape index (κ2) is 10.1. The minimum atomic E-state index is -1.73. The van der Waals surface area contributed by atoms with Crippen molar-refractivity contribution in [3.63, 3.8) is 0 Å². The zero-order chi connectivity index (χ0) is 15.9. The Bertz CT molecular complexity index is 317. The first-order valence-electron chi connectivity index (χ1n) is 7.19. The molecule has 0 amide bonds. The normalized spacial score (nSPS) is 17.6. The molecule has 1 rings (SSSR count). The molecule has 0 unspecified atom stereocenters. The van der Waals surface area contributed by atoms with Gasteiger partial charge < -0.3 is 28.5 Å². The molecule has 1 fully saturated rings. The van der Waals surface area contributed by atoms with Gasteiger partial charge in [0.15, 0.2) is 16.6 Å². The Morgan fingerprint density at radius 3 is 1.67 bits per heavy atom. The molecule has 0 saturated heterocycles. The topological polar surface area (TPSA) is 29.5 Å². The standard InChI is InChI=1S/C8H16OSi2.C8H13O.Pt/c1-7-10(3,4)9-11(5,6)8-2;1-2-8(9)6-4-3-5-7-8;/h1-2,7-8H,3-6H3;9H,1,3-7H2;/q-2;-1;. The van der Waals surface area contributed by atoms with E-state index in [-0.39, 0.29) is 21.1 Å². The number of rotatable bonds is 5. The van der Waals surface area contributed by atoms with Crippen LogP contribution < -0.4 is 0 Å². The van der Waals surface area contributed by atoms with Crippen LogP contribution in [-0.4, -0.2) is 27.3 Å². The van der Waals surface area contributed by atoms with Crippen LogP contribution in [-0.2, 0) is 25.2 Å². The summed E-state index contributed by atoms with van der Waals surface area (Å²) in [6, 6.07) is 0. The second-order valence-electron chi connectivity index (χ2n) is 6.41. The Kier molecular flexibility index (Phi) is 11.3. The number of hydrogen-bond donors (Lipinski definition) is 1. The van der Waals surface area contributed by atoms with Gasteiger partial charge in [-0.2, -0.15) is 0 Å². The van der Waals surface area contributed by atoms with E-state index in [2.05, 4.69) is 38.8 Å². The van der Waals surface area contributed by atoms with E-state index in [0.29, 0.717) is 0 Å². The van der Waals surface area contributed by atoms with Crippen LogP contribution in [0.1, 0.15) is 32.1 Å². The quantitative estimate of drug-likeness (QED) is 0.451. The Morgan fingerprint density at radius 1 is 1.05 bits per heavy atom. The summed E-state index contributed by atoms with van der Waals surface area (Å²) < 4.78 is 5.84. The van der Waals surface area contributed by atoms with Gasteiger partial charge in [-0.3, -0.25) is 18.0 Å². The van der Waals surface area contributed by atoms with E-state index < -0.39 is 22.2 Å². The van der Waals surface area contributed by atoms with Crippen LogP contribution in [0.5, 0.6) is 0 Å². The van der Waals surface area contributed by atoms with Crippen molar-refractivity contribution >= 4 is 16.6 Å². The summed E-state index contributed by atoms with van der Waals surface area (Å²) in [5.41, 5.74) is 2.73. The monoisotopic (exact) mass is 504 g/mol. The summed E-state index contributed by atoms with van der Waals surface area (Å²) in [7, 11) is -3.46. The fourth-order valence-corrected chi connectivity index (χ4v) is 8.03. The van der Waals surface area contributed by atoms with Crippen molar-refractivity contribution in [1.82, 2.24) is 0 Å². The van der Waals surface area contributed by atoms with Crippen molar-refractivity contribution in [3.05, 3.63) is 37.2 Å². The number of hydrogen-bond acceptors (Lipinski definition) is 2. The average molecular weight is 505 g/mol. The maximum Gasteiger partial charge on any atom is 0.163 e. The summed E-state index contributed by atoms with van der Waals surface area (Å²) >= 11 is 0. The SMILES string of the molecule is C=[C-]C1(O)CCCCC1.[CH-]=C[Si](C)(C)O[Si](C)(C)C=[CH-].[Pt]. The molecule has 0 atom stereocenters. The Balaban J connectivity index is 0. The summed E-state index contributed by atoms with van der Waals surface area (Å²) in [4.78, 5) is 0. The molecule has 1 aliphatic rings. The van der Waals surface area contributed by atoms with Crippen molar-refractivity contribution in [3.8, 4) is 0 Å². The van der Waals surface area contributed by atoms with Crippen molar-refractivity contribution in [1.29, 1.82) is 0 Å². The maximum absolute atomic E-state index is 9.51. The van der Waals surface area contributed by atoms with Crippen LogP contribution in [0.25, 0.3) is 0 Å².